The van der Waals surface area contributed by atoms with Gasteiger partial charge in [0.1, 0.15) is 28.0 Å². The lowest BCUT2D eigenvalue weighted by Gasteiger charge is -2.40. The van der Waals surface area contributed by atoms with Gasteiger partial charge in [-0.05, 0) is 62.2 Å². The van der Waals surface area contributed by atoms with Crippen LogP contribution >= 0.6 is 11.3 Å². The third-order valence-electron chi connectivity index (χ3n) is 9.20. The van der Waals surface area contributed by atoms with E-state index in [-0.39, 0.29) is 37.3 Å². The number of thiazole rings is 1. The number of carboxylic acid groups (broad SMARTS) is 1. The van der Waals surface area contributed by atoms with Crippen LogP contribution in [0.15, 0.2) is 42.5 Å². The predicted octanol–water partition coefficient (Wildman–Crippen LogP) is 5.21. The number of aromatic nitrogens is 2. The molecule has 4 heterocycles. The van der Waals surface area contributed by atoms with Crippen LogP contribution in [0.4, 0.5) is 25.3 Å². The van der Waals surface area contributed by atoms with E-state index in [0.717, 1.165) is 29.9 Å². The summed E-state index contributed by atoms with van der Waals surface area (Å²) in [7, 11) is 0. The topological polar surface area (TPSA) is 117 Å². The Morgan fingerprint density at radius 1 is 1.06 bits per heavy atom. The number of nitriles is 1. The number of amides is 1. The molecule has 0 radical (unpaired) electrons. The number of piperazine rings is 1. The van der Waals surface area contributed by atoms with Gasteiger partial charge in [-0.15, -0.1) is 0 Å². The minimum Gasteiger partial charge on any atom is -0.481 e. The van der Waals surface area contributed by atoms with Gasteiger partial charge in [0, 0.05) is 74.1 Å². The van der Waals surface area contributed by atoms with Crippen molar-refractivity contribution in [1.29, 1.82) is 5.26 Å². The van der Waals surface area contributed by atoms with Gasteiger partial charge in [0.2, 0.25) is 5.91 Å². The summed E-state index contributed by atoms with van der Waals surface area (Å²) in [6, 6.07) is 13.7. The molecule has 0 atom stereocenters. The summed E-state index contributed by atoms with van der Waals surface area (Å²) >= 11 is 1.24. The number of benzene rings is 2. The highest BCUT2D eigenvalue weighted by Crippen LogP contribution is 2.45. The molecule has 2 aliphatic heterocycles. The van der Waals surface area contributed by atoms with Crippen LogP contribution in [0.5, 0.6) is 0 Å². The zero-order chi connectivity index (χ0) is 32.8. The molecule has 1 amide bonds. The SMILES string of the molecule is CCN(c1nc(-c2ccc(F)cc2)c(C#N)s1)c1cc(C2CC2)nc2c(F)cc(N3CCN(CC(=O)N4CC(C(=O)O)C4)CC3)cc12. The number of carboxylic acids is 1. The van der Waals surface area contributed by atoms with E-state index in [1.54, 1.807) is 17.0 Å². The van der Waals surface area contributed by atoms with Crippen molar-refractivity contribution < 1.29 is 23.5 Å². The molecule has 2 saturated heterocycles. The molecule has 0 bridgehead atoms. The largest absolute Gasteiger partial charge is 0.481 e. The fraction of sp³-hybridized carbons (Fsp3) is 0.382. The quantitative estimate of drug-likeness (QED) is 0.259. The van der Waals surface area contributed by atoms with Gasteiger partial charge in [0.15, 0.2) is 10.9 Å². The van der Waals surface area contributed by atoms with Crippen LogP contribution in [0.3, 0.4) is 0 Å². The highest BCUT2D eigenvalue weighted by Gasteiger charge is 2.36. The summed E-state index contributed by atoms with van der Waals surface area (Å²) in [5.41, 5.74) is 3.73. The smallest absolute Gasteiger partial charge is 0.310 e. The molecule has 13 heteroatoms. The van der Waals surface area contributed by atoms with E-state index < -0.39 is 17.7 Å². The minimum atomic E-state index is -0.872. The minimum absolute atomic E-state index is 0.0705. The number of carbonyl (C=O) groups excluding carboxylic acids is 1. The zero-order valence-electron chi connectivity index (χ0n) is 25.8. The van der Waals surface area contributed by atoms with Gasteiger partial charge in [-0.3, -0.25) is 14.5 Å². The molecule has 3 aliphatic rings. The number of rotatable bonds is 9. The first-order valence-electron chi connectivity index (χ1n) is 15.8. The summed E-state index contributed by atoms with van der Waals surface area (Å²) in [4.78, 5) is 41.5. The summed E-state index contributed by atoms with van der Waals surface area (Å²) in [5.74, 6) is -1.93. The zero-order valence-corrected chi connectivity index (χ0v) is 26.6. The summed E-state index contributed by atoms with van der Waals surface area (Å²) in [5, 5.41) is 20.3. The Bertz CT molecular complexity index is 1890. The first-order valence-corrected chi connectivity index (χ1v) is 16.6. The molecule has 2 aromatic carbocycles. The Hall–Kier alpha value is -4.67. The molecule has 47 heavy (non-hydrogen) atoms. The van der Waals surface area contributed by atoms with Gasteiger partial charge >= 0.3 is 5.97 Å². The second kappa shape index (κ2) is 12.5. The van der Waals surface area contributed by atoms with Crippen LogP contribution in [-0.4, -0.2) is 89.1 Å². The highest BCUT2D eigenvalue weighted by molar-refractivity contribution is 7.16. The third-order valence-corrected chi connectivity index (χ3v) is 10.2. The molecular formula is C34H33F2N7O3S. The number of hydrogen-bond donors (Lipinski definition) is 1. The van der Waals surface area contributed by atoms with E-state index in [2.05, 4.69) is 11.0 Å². The molecule has 3 fully saturated rings. The van der Waals surface area contributed by atoms with Gasteiger partial charge in [-0.1, -0.05) is 11.3 Å². The lowest BCUT2D eigenvalue weighted by Crippen LogP contribution is -2.57. The molecule has 242 valence electrons. The molecule has 10 nitrogen and oxygen atoms in total. The molecule has 4 aromatic rings. The van der Waals surface area contributed by atoms with Gasteiger partial charge in [0.25, 0.3) is 0 Å². The number of nitrogens with zero attached hydrogens (tertiary/aromatic N) is 7. The van der Waals surface area contributed by atoms with Crippen LogP contribution in [0.2, 0.25) is 0 Å². The van der Waals surface area contributed by atoms with E-state index in [4.69, 9.17) is 15.1 Å². The van der Waals surface area contributed by atoms with Crippen LogP contribution in [0, 0.1) is 28.9 Å². The van der Waals surface area contributed by atoms with Crippen LogP contribution in [-0.2, 0) is 9.59 Å². The van der Waals surface area contributed by atoms with E-state index in [1.807, 2.05) is 28.9 Å². The monoisotopic (exact) mass is 657 g/mol. The van der Waals surface area contributed by atoms with Crippen molar-refractivity contribution in [2.45, 2.75) is 25.7 Å². The predicted molar refractivity (Wildman–Crippen MR) is 175 cm³/mol. The first kappa shape index (κ1) is 31.0. The number of hydrogen-bond acceptors (Lipinski definition) is 9. The number of anilines is 3. The second-order valence-electron chi connectivity index (χ2n) is 12.3. The van der Waals surface area contributed by atoms with Crippen molar-refractivity contribution in [3.63, 3.8) is 0 Å². The lowest BCUT2D eigenvalue weighted by atomic mass is 10.0. The fourth-order valence-electron chi connectivity index (χ4n) is 6.27. The average molecular weight is 658 g/mol. The highest BCUT2D eigenvalue weighted by atomic mass is 32.1. The van der Waals surface area contributed by atoms with Crippen molar-refractivity contribution >= 4 is 50.6 Å². The Labute approximate surface area is 274 Å². The maximum absolute atomic E-state index is 16.0. The molecule has 0 spiro atoms. The molecule has 0 unspecified atom stereocenters. The number of pyridine rings is 1. The number of aliphatic carboxylic acids is 1. The van der Waals surface area contributed by atoms with Crippen molar-refractivity contribution in [2.24, 2.45) is 5.92 Å². The number of fused-ring (bicyclic) bond motifs is 1. The van der Waals surface area contributed by atoms with E-state index in [9.17, 15) is 19.2 Å². The van der Waals surface area contributed by atoms with E-state index in [1.165, 1.54) is 29.5 Å². The Balaban J connectivity index is 1.17. The average Bonchev–Trinajstić information content (AvgIpc) is 3.80. The van der Waals surface area contributed by atoms with Crippen LogP contribution in [0.1, 0.15) is 36.3 Å². The Kier molecular flexibility index (Phi) is 8.23. The maximum atomic E-state index is 16.0. The van der Waals surface area contributed by atoms with E-state index >= 15 is 4.39 Å². The van der Waals surface area contributed by atoms with Crippen molar-refractivity contribution in [1.82, 2.24) is 19.8 Å². The van der Waals surface area contributed by atoms with Gasteiger partial charge in [0.05, 0.1) is 18.2 Å². The van der Waals surface area contributed by atoms with Crippen molar-refractivity contribution in [3.05, 3.63) is 64.7 Å². The lowest BCUT2D eigenvalue weighted by molar-refractivity contribution is -0.153. The number of halogens is 2. The fourth-order valence-corrected chi connectivity index (χ4v) is 7.24. The second-order valence-corrected chi connectivity index (χ2v) is 13.3. The molecule has 1 aliphatic carbocycles. The number of carbonyl (C=O) groups is 2. The normalized spacial score (nSPS) is 17.1. The summed E-state index contributed by atoms with van der Waals surface area (Å²) in [6.45, 7) is 5.63. The molecule has 1 saturated carbocycles. The molecule has 7 rings (SSSR count). The Morgan fingerprint density at radius 2 is 1.79 bits per heavy atom. The first-order chi connectivity index (χ1) is 22.7. The van der Waals surface area contributed by atoms with Crippen molar-refractivity contribution in [2.75, 3.05) is 62.2 Å². The summed E-state index contributed by atoms with van der Waals surface area (Å²) < 4.78 is 29.6. The third kappa shape index (κ3) is 6.11. The molecule has 2 aromatic heterocycles. The van der Waals surface area contributed by atoms with E-state index in [0.29, 0.717) is 64.9 Å². The molecular weight excluding hydrogens is 624 g/mol. The number of likely N-dealkylation sites (tertiary alicyclic amines) is 1. The standard InChI is InChI=1S/C34H33F2N7O3S/c1-2-43(34-39-31(29(16-37)47-34)21-5-7-23(35)8-6-21)28-15-27(20-3-4-20)38-32-25(28)13-24(14-26(32)36)41-11-9-40(10-12-41)19-30(44)42-17-22(18-42)33(45)46/h5-8,13-15,20,22H,2-4,9-12,17-19H2,1H3,(H,45,46). The van der Waals surface area contributed by atoms with Crippen LogP contribution in [0.25, 0.3) is 22.2 Å². The Morgan fingerprint density at radius 3 is 2.43 bits per heavy atom. The van der Waals surface area contributed by atoms with Crippen molar-refractivity contribution in [3.8, 4) is 17.3 Å². The van der Waals surface area contributed by atoms with Crippen LogP contribution < -0.4 is 9.80 Å². The maximum Gasteiger partial charge on any atom is 0.310 e. The molecule has 1 N–H and O–H groups in total. The van der Waals surface area contributed by atoms with Gasteiger partial charge in [-0.25, -0.2) is 18.7 Å². The van der Waals surface area contributed by atoms with Gasteiger partial charge < -0.3 is 19.8 Å². The van der Waals surface area contributed by atoms with Gasteiger partial charge in [-0.2, -0.15) is 5.26 Å². The summed E-state index contributed by atoms with van der Waals surface area (Å²) in [6.07, 6.45) is 2.00.